The number of hydrogen-bond donors (Lipinski definition) is 1. The van der Waals surface area contributed by atoms with Crippen LogP contribution in [0.3, 0.4) is 0 Å². The molecule has 0 aromatic rings. The first-order chi connectivity index (χ1) is 8.93. The van der Waals surface area contributed by atoms with Crippen LogP contribution in [-0.4, -0.2) is 22.9 Å². The molecule has 2 saturated carbocycles. The Balaban J connectivity index is 1.73. The predicted molar refractivity (Wildman–Crippen MR) is 77.1 cm³/mol. The Morgan fingerprint density at radius 1 is 1.00 bits per heavy atom. The summed E-state index contributed by atoms with van der Waals surface area (Å²) in [7, 11) is 0. The molecule has 0 aromatic carbocycles. The molecular weight excluding hydrogens is 236 g/mol. The van der Waals surface area contributed by atoms with E-state index in [4.69, 9.17) is 4.74 Å². The van der Waals surface area contributed by atoms with Crippen molar-refractivity contribution in [2.24, 2.45) is 11.3 Å². The molecule has 1 heterocycles. The van der Waals surface area contributed by atoms with Crippen molar-refractivity contribution in [2.75, 3.05) is 6.61 Å². The van der Waals surface area contributed by atoms with Gasteiger partial charge in [-0.05, 0) is 56.3 Å². The van der Waals surface area contributed by atoms with E-state index in [2.05, 4.69) is 13.8 Å². The van der Waals surface area contributed by atoms with Crippen molar-refractivity contribution in [3.05, 3.63) is 0 Å². The van der Waals surface area contributed by atoms with E-state index in [0.29, 0.717) is 11.3 Å². The van der Waals surface area contributed by atoms with Crippen molar-refractivity contribution in [2.45, 2.75) is 89.3 Å². The van der Waals surface area contributed by atoms with E-state index < -0.39 is 5.60 Å². The fraction of sp³-hybridized carbons (Fsp3) is 1.00. The molecule has 3 rings (SSSR count). The summed E-state index contributed by atoms with van der Waals surface area (Å²) in [5.74, 6) is 0.471. The van der Waals surface area contributed by atoms with E-state index in [0.717, 1.165) is 32.3 Å². The summed E-state index contributed by atoms with van der Waals surface area (Å²) >= 11 is 0. The molecule has 3 fully saturated rings. The molecule has 2 heteroatoms. The Labute approximate surface area is 117 Å². The van der Waals surface area contributed by atoms with Crippen LogP contribution >= 0.6 is 0 Å². The van der Waals surface area contributed by atoms with Crippen LogP contribution in [-0.2, 0) is 4.74 Å². The van der Waals surface area contributed by atoms with E-state index in [9.17, 15) is 5.11 Å². The predicted octanol–water partition coefficient (Wildman–Crippen LogP) is 4.06. The lowest BCUT2D eigenvalue weighted by Crippen LogP contribution is -2.51. The van der Waals surface area contributed by atoms with Gasteiger partial charge in [0.15, 0.2) is 0 Å². The summed E-state index contributed by atoms with van der Waals surface area (Å²) in [5.41, 5.74) is 0.0372. The van der Waals surface area contributed by atoms with Crippen molar-refractivity contribution in [3.63, 3.8) is 0 Å². The molecule has 19 heavy (non-hydrogen) atoms. The lowest BCUT2D eigenvalue weighted by molar-refractivity contribution is -0.160. The smallest absolute Gasteiger partial charge is 0.0686 e. The molecule has 2 nitrogen and oxygen atoms in total. The lowest BCUT2D eigenvalue weighted by Gasteiger charge is -2.50. The van der Waals surface area contributed by atoms with Gasteiger partial charge in [0.05, 0.1) is 11.2 Å². The Hall–Kier alpha value is -0.0800. The molecular formula is C17H30O2. The highest BCUT2D eigenvalue weighted by Gasteiger charge is 2.49. The molecule has 0 amide bonds. The third-order valence-corrected chi connectivity index (χ3v) is 6.02. The molecule has 0 bridgehead atoms. The molecule has 1 N–H and O–H groups in total. The van der Waals surface area contributed by atoms with E-state index >= 15 is 0 Å². The van der Waals surface area contributed by atoms with Crippen LogP contribution in [0.25, 0.3) is 0 Å². The topological polar surface area (TPSA) is 29.5 Å². The Bertz CT molecular complexity index is 330. The zero-order valence-corrected chi connectivity index (χ0v) is 12.7. The van der Waals surface area contributed by atoms with Crippen LogP contribution in [0.2, 0.25) is 0 Å². The average molecular weight is 266 g/mol. The quantitative estimate of drug-likeness (QED) is 0.775. The first kappa shape index (κ1) is 13.9. The van der Waals surface area contributed by atoms with Crippen LogP contribution in [0.1, 0.15) is 78.1 Å². The highest BCUT2D eigenvalue weighted by Crippen LogP contribution is 2.51. The number of hydrogen-bond acceptors (Lipinski definition) is 2. The number of ether oxygens (including phenoxy) is 1. The zero-order chi connectivity index (χ0) is 13.6. The first-order valence-corrected chi connectivity index (χ1v) is 8.30. The second kappa shape index (κ2) is 4.73. The van der Waals surface area contributed by atoms with Gasteiger partial charge in [-0.3, -0.25) is 0 Å². The van der Waals surface area contributed by atoms with Crippen LogP contribution < -0.4 is 0 Å². The highest BCUT2D eigenvalue weighted by molar-refractivity contribution is 5.01. The average Bonchev–Trinajstić information content (AvgIpc) is 2.76. The number of rotatable bonds is 1. The minimum atomic E-state index is -0.416. The minimum absolute atomic E-state index is 0.139. The molecule has 0 radical (unpaired) electrons. The van der Waals surface area contributed by atoms with Gasteiger partial charge in [0.2, 0.25) is 0 Å². The van der Waals surface area contributed by atoms with Gasteiger partial charge in [0.25, 0.3) is 0 Å². The molecule has 2 atom stereocenters. The molecule has 2 aliphatic carbocycles. The fourth-order valence-electron chi connectivity index (χ4n) is 5.08. The van der Waals surface area contributed by atoms with Crippen LogP contribution in [0, 0.1) is 11.3 Å². The second-order valence-electron chi connectivity index (χ2n) is 8.23. The fourth-order valence-corrected chi connectivity index (χ4v) is 5.08. The summed E-state index contributed by atoms with van der Waals surface area (Å²) in [5, 5.41) is 11.2. The van der Waals surface area contributed by atoms with E-state index in [1.165, 1.54) is 38.5 Å². The van der Waals surface area contributed by atoms with Gasteiger partial charge in [-0.2, -0.15) is 0 Å². The third kappa shape index (κ3) is 2.71. The summed E-state index contributed by atoms with van der Waals surface area (Å²) < 4.78 is 6.13. The SMILES string of the molecule is CC1(C)CCCC(O)(C2CCOC3(CCCC3)C2)C1. The van der Waals surface area contributed by atoms with Crippen molar-refractivity contribution in [1.82, 2.24) is 0 Å². The van der Waals surface area contributed by atoms with E-state index in [1.54, 1.807) is 0 Å². The molecule has 3 aliphatic rings. The van der Waals surface area contributed by atoms with Gasteiger partial charge in [0, 0.05) is 6.61 Å². The minimum Gasteiger partial charge on any atom is -0.390 e. The Kier molecular flexibility index (Phi) is 3.46. The molecule has 1 saturated heterocycles. The summed E-state index contributed by atoms with van der Waals surface area (Å²) in [4.78, 5) is 0. The standard InChI is InChI=1S/C17H30O2/c1-15(2)7-5-10-17(18,13-15)14-6-11-19-16(12-14)8-3-4-9-16/h14,18H,3-13H2,1-2H3. The van der Waals surface area contributed by atoms with Gasteiger partial charge >= 0.3 is 0 Å². The van der Waals surface area contributed by atoms with Crippen LogP contribution in [0.5, 0.6) is 0 Å². The normalized spacial score (nSPS) is 41.5. The van der Waals surface area contributed by atoms with Crippen molar-refractivity contribution >= 4 is 0 Å². The lowest BCUT2D eigenvalue weighted by atomic mass is 9.62. The Morgan fingerprint density at radius 3 is 2.42 bits per heavy atom. The molecule has 0 aromatic heterocycles. The highest BCUT2D eigenvalue weighted by atomic mass is 16.5. The second-order valence-corrected chi connectivity index (χ2v) is 8.23. The molecule has 1 spiro atoms. The van der Waals surface area contributed by atoms with Gasteiger partial charge in [-0.1, -0.05) is 33.1 Å². The van der Waals surface area contributed by atoms with E-state index in [1.807, 2.05) is 0 Å². The van der Waals surface area contributed by atoms with Crippen molar-refractivity contribution in [3.8, 4) is 0 Å². The molecule has 1 aliphatic heterocycles. The Morgan fingerprint density at radius 2 is 1.74 bits per heavy atom. The van der Waals surface area contributed by atoms with Crippen molar-refractivity contribution < 1.29 is 9.84 Å². The van der Waals surface area contributed by atoms with Crippen LogP contribution in [0.4, 0.5) is 0 Å². The van der Waals surface area contributed by atoms with Gasteiger partial charge in [-0.15, -0.1) is 0 Å². The third-order valence-electron chi connectivity index (χ3n) is 6.02. The maximum absolute atomic E-state index is 11.2. The summed E-state index contributed by atoms with van der Waals surface area (Å²) in [6.07, 6.45) is 11.7. The van der Waals surface area contributed by atoms with Crippen LogP contribution in [0.15, 0.2) is 0 Å². The number of aliphatic hydroxyl groups is 1. The maximum atomic E-state index is 11.2. The maximum Gasteiger partial charge on any atom is 0.0686 e. The van der Waals surface area contributed by atoms with Gasteiger partial charge in [0.1, 0.15) is 0 Å². The van der Waals surface area contributed by atoms with E-state index in [-0.39, 0.29) is 5.60 Å². The molecule has 2 unspecified atom stereocenters. The van der Waals surface area contributed by atoms with Gasteiger partial charge < -0.3 is 9.84 Å². The largest absolute Gasteiger partial charge is 0.390 e. The first-order valence-electron chi connectivity index (χ1n) is 8.30. The monoisotopic (exact) mass is 266 g/mol. The van der Waals surface area contributed by atoms with Crippen molar-refractivity contribution in [1.29, 1.82) is 0 Å². The summed E-state index contributed by atoms with van der Waals surface area (Å²) in [6.45, 7) is 5.51. The van der Waals surface area contributed by atoms with Gasteiger partial charge in [-0.25, -0.2) is 0 Å². The summed E-state index contributed by atoms with van der Waals surface area (Å²) in [6, 6.07) is 0. The molecule has 110 valence electrons. The zero-order valence-electron chi connectivity index (χ0n) is 12.7.